The summed E-state index contributed by atoms with van der Waals surface area (Å²) in [4.78, 5) is 35.1. The van der Waals surface area contributed by atoms with Crippen LogP contribution in [0.25, 0.3) is 0 Å². The van der Waals surface area contributed by atoms with Gasteiger partial charge in [0.05, 0.1) is 13.2 Å². The maximum Gasteiger partial charge on any atom is 0.472 e. The monoisotopic (exact) mass is 1000 g/mol. The predicted molar refractivity (Wildman–Crippen MR) is 298 cm³/mol. The molecule has 0 amide bonds. The van der Waals surface area contributed by atoms with Crippen molar-refractivity contribution < 1.29 is 37.6 Å². The van der Waals surface area contributed by atoms with Gasteiger partial charge < -0.3 is 20.1 Å². The van der Waals surface area contributed by atoms with Gasteiger partial charge in [-0.1, -0.05) is 253 Å². The van der Waals surface area contributed by atoms with Crippen LogP contribution in [0.4, 0.5) is 0 Å². The SMILES string of the molecule is CC/C=C\C/C=C\C/C=C\C/C=C\C/C=C\C/C=C\C/C=C\CCCCCCCCCCCCCCCC(=O)OC(COC(=O)CCCCCCCCCCCCCCCC)COP(=O)(O)OCCN. The molecule has 0 aromatic carbocycles. The van der Waals surface area contributed by atoms with Crippen LogP contribution in [0.5, 0.6) is 0 Å². The summed E-state index contributed by atoms with van der Waals surface area (Å²) in [5, 5.41) is 0. The Morgan fingerprint density at radius 1 is 0.443 bits per heavy atom. The second kappa shape index (κ2) is 55.5. The number of allylic oxidation sites excluding steroid dienone is 14. The van der Waals surface area contributed by atoms with Crippen LogP contribution in [-0.4, -0.2) is 49.3 Å². The smallest absolute Gasteiger partial charge is 0.462 e. The summed E-state index contributed by atoms with van der Waals surface area (Å²) in [6.07, 6.45) is 72.1. The largest absolute Gasteiger partial charge is 0.472 e. The number of esters is 2. The third-order valence-electron chi connectivity index (χ3n) is 12.0. The maximum absolute atomic E-state index is 12.7. The second-order valence-corrected chi connectivity index (χ2v) is 20.2. The number of unbranched alkanes of at least 4 members (excludes halogenated alkanes) is 26. The zero-order chi connectivity index (χ0) is 51.0. The molecule has 2 atom stereocenters. The number of nitrogens with two attached hydrogens (primary N) is 1. The molecule has 0 fully saturated rings. The highest BCUT2D eigenvalue weighted by Gasteiger charge is 2.26. The molecule has 70 heavy (non-hydrogen) atoms. The van der Waals surface area contributed by atoms with E-state index in [0.29, 0.717) is 6.42 Å². The first kappa shape index (κ1) is 67.2. The number of carbonyl (C=O) groups is 2. The zero-order valence-electron chi connectivity index (χ0n) is 45.0. The van der Waals surface area contributed by atoms with Gasteiger partial charge in [0.1, 0.15) is 6.61 Å². The minimum atomic E-state index is -4.39. The molecule has 0 aliphatic rings. The highest BCUT2D eigenvalue weighted by Crippen LogP contribution is 2.43. The van der Waals surface area contributed by atoms with E-state index < -0.39 is 26.5 Å². The summed E-state index contributed by atoms with van der Waals surface area (Å²) >= 11 is 0. The molecular formula is C60H106NO8P. The van der Waals surface area contributed by atoms with Gasteiger partial charge in [-0.25, -0.2) is 4.57 Å². The van der Waals surface area contributed by atoms with E-state index in [0.717, 1.165) is 83.5 Å². The van der Waals surface area contributed by atoms with Crippen LogP contribution in [-0.2, 0) is 32.7 Å². The number of carbonyl (C=O) groups excluding carboxylic acids is 2. The predicted octanol–water partition coefficient (Wildman–Crippen LogP) is 17.9. The van der Waals surface area contributed by atoms with Gasteiger partial charge >= 0.3 is 19.8 Å². The van der Waals surface area contributed by atoms with Crippen molar-refractivity contribution in [2.45, 2.75) is 258 Å². The lowest BCUT2D eigenvalue weighted by Gasteiger charge is -2.19. The van der Waals surface area contributed by atoms with Crippen molar-refractivity contribution in [3.63, 3.8) is 0 Å². The molecule has 2 unspecified atom stereocenters. The van der Waals surface area contributed by atoms with Gasteiger partial charge in [-0.15, -0.1) is 0 Å². The lowest BCUT2D eigenvalue weighted by molar-refractivity contribution is -0.161. The molecule has 0 saturated carbocycles. The number of phosphoric ester groups is 1. The highest BCUT2D eigenvalue weighted by atomic mass is 31.2. The summed E-state index contributed by atoms with van der Waals surface area (Å²) in [7, 11) is -4.39. The average molecular weight is 1000 g/mol. The molecule has 0 radical (unpaired) electrons. The summed E-state index contributed by atoms with van der Waals surface area (Å²) in [6, 6.07) is 0. The van der Waals surface area contributed by atoms with Crippen molar-refractivity contribution in [1.82, 2.24) is 0 Å². The van der Waals surface area contributed by atoms with Crippen molar-refractivity contribution in [1.29, 1.82) is 0 Å². The topological polar surface area (TPSA) is 134 Å². The number of phosphoric acid groups is 1. The fraction of sp³-hybridized carbons (Fsp3) is 0.733. The first-order valence-corrected chi connectivity index (χ1v) is 30.1. The molecule has 9 nitrogen and oxygen atoms in total. The standard InChI is InChI=1S/C60H106NO8P/c1-3-5-7-9-11-13-15-17-19-20-21-22-23-24-25-26-27-28-29-30-31-32-33-34-35-36-37-38-39-41-43-45-47-49-51-53-60(63)69-58(57-68-70(64,65)67-55-54-61)56-66-59(62)52-50-48-46-44-42-40-18-16-14-12-10-8-6-4-2/h5,7,11,13,17,19,21-22,24-25,27-28,30-31,58H,3-4,6,8-10,12,14-16,18,20,23,26,29,32-57,61H2,1-2H3,(H,64,65)/b7-5-,13-11-,19-17-,22-21-,25-24-,28-27-,31-30-. The number of hydrogen-bond acceptors (Lipinski definition) is 8. The van der Waals surface area contributed by atoms with E-state index in [1.807, 2.05) is 0 Å². The summed E-state index contributed by atoms with van der Waals surface area (Å²) in [6.45, 7) is 3.64. The normalized spacial score (nSPS) is 13.7. The molecule has 3 N–H and O–H groups in total. The minimum absolute atomic E-state index is 0.0520. The van der Waals surface area contributed by atoms with Gasteiger partial charge in [-0.2, -0.15) is 0 Å². The van der Waals surface area contributed by atoms with E-state index in [9.17, 15) is 19.0 Å². The van der Waals surface area contributed by atoms with Crippen LogP contribution >= 0.6 is 7.82 Å². The second-order valence-electron chi connectivity index (χ2n) is 18.8. The minimum Gasteiger partial charge on any atom is -0.462 e. The van der Waals surface area contributed by atoms with Crippen molar-refractivity contribution >= 4 is 19.8 Å². The van der Waals surface area contributed by atoms with E-state index in [1.54, 1.807) is 0 Å². The Morgan fingerprint density at radius 3 is 1.17 bits per heavy atom. The lowest BCUT2D eigenvalue weighted by Crippen LogP contribution is -2.29. The van der Waals surface area contributed by atoms with Crippen LogP contribution in [0.1, 0.15) is 251 Å². The van der Waals surface area contributed by atoms with Gasteiger partial charge in [0.15, 0.2) is 6.10 Å². The van der Waals surface area contributed by atoms with Crippen LogP contribution in [0.15, 0.2) is 85.1 Å². The van der Waals surface area contributed by atoms with Gasteiger partial charge in [0.2, 0.25) is 0 Å². The highest BCUT2D eigenvalue weighted by molar-refractivity contribution is 7.47. The average Bonchev–Trinajstić information content (AvgIpc) is 3.35. The Morgan fingerprint density at radius 2 is 0.786 bits per heavy atom. The molecule has 0 aromatic heterocycles. The Bertz CT molecular complexity index is 1420. The first-order valence-electron chi connectivity index (χ1n) is 28.6. The molecule has 0 aromatic rings. The quantitative estimate of drug-likeness (QED) is 0.0264. The fourth-order valence-corrected chi connectivity index (χ4v) is 8.62. The first-order chi connectivity index (χ1) is 34.3. The molecule has 0 rings (SSSR count). The Kier molecular flexibility index (Phi) is 53.3. The third-order valence-corrected chi connectivity index (χ3v) is 13.0. The lowest BCUT2D eigenvalue weighted by atomic mass is 10.0. The molecule has 0 bridgehead atoms. The van der Waals surface area contributed by atoms with Gasteiger partial charge in [-0.3, -0.25) is 18.6 Å². The molecule has 0 heterocycles. The summed E-state index contributed by atoms with van der Waals surface area (Å²) in [5.74, 6) is -0.824. The van der Waals surface area contributed by atoms with Crippen LogP contribution in [0, 0.1) is 0 Å². The molecule has 10 heteroatoms. The van der Waals surface area contributed by atoms with Gasteiger partial charge in [0, 0.05) is 19.4 Å². The fourth-order valence-electron chi connectivity index (χ4n) is 7.85. The maximum atomic E-state index is 12.7. The molecule has 0 spiro atoms. The van der Waals surface area contributed by atoms with Gasteiger partial charge in [0.25, 0.3) is 0 Å². The van der Waals surface area contributed by atoms with Crippen LogP contribution < -0.4 is 5.73 Å². The molecule has 404 valence electrons. The van der Waals surface area contributed by atoms with E-state index in [4.69, 9.17) is 24.3 Å². The number of hydrogen-bond donors (Lipinski definition) is 2. The Labute approximate surface area is 430 Å². The zero-order valence-corrected chi connectivity index (χ0v) is 45.9. The van der Waals surface area contributed by atoms with E-state index in [1.165, 1.54) is 135 Å². The van der Waals surface area contributed by atoms with Crippen molar-refractivity contribution in [3.8, 4) is 0 Å². The van der Waals surface area contributed by atoms with Crippen molar-refractivity contribution in [2.24, 2.45) is 5.73 Å². The van der Waals surface area contributed by atoms with E-state index in [2.05, 4.69) is 98.9 Å². The van der Waals surface area contributed by atoms with Crippen molar-refractivity contribution in [2.75, 3.05) is 26.4 Å². The van der Waals surface area contributed by atoms with Crippen molar-refractivity contribution in [3.05, 3.63) is 85.1 Å². The Balaban J connectivity index is 3.92. The number of rotatable bonds is 53. The molecular weight excluding hydrogens is 894 g/mol. The molecule has 0 aliphatic carbocycles. The summed E-state index contributed by atoms with van der Waals surface area (Å²) < 4.78 is 33.0. The van der Waals surface area contributed by atoms with Gasteiger partial charge in [-0.05, 0) is 70.6 Å². The van der Waals surface area contributed by atoms with Crippen LogP contribution in [0.3, 0.4) is 0 Å². The Hall–Kier alpha value is -2.81. The van der Waals surface area contributed by atoms with E-state index >= 15 is 0 Å². The third kappa shape index (κ3) is 54.5. The van der Waals surface area contributed by atoms with E-state index in [-0.39, 0.29) is 38.6 Å². The van der Waals surface area contributed by atoms with Crippen LogP contribution in [0.2, 0.25) is 0 Å². The molecule has 0 aliphatic heterocycles. The summed E-state index contributed by atoms with van der Waals surface area (Å²) in [5.41, 5.74) is 5.37. The number of ether oxygens (including phenoxy) is 2. The molecule has 0 saturated heterocycles.